The largest absolute Gasteiger partial charge is 0.260 e. The van der Waals surface area contributed by atoms with Crippen LogP contribution in [-0.2, 0) is 10.0 Å². The zero-order chi connectivity index (χ0) is 10.6. The summed E-state index contributed by atoms with van der Waals surface area (Å²) in [6.07, 6.45) is 1.59. The smallest absolute Gasteiger partial charge is 0.219 e. The Hall–Kier alpha value is -0.940. The average Bonchev–Trinajstić information content (AvgIpc) is 2.18. The average molecular weight is 214 g/mol. The molecule has 0 fully saturated rings. The molecule has 0 unspecified atom stereocenters. The van der Waals surface area contributed by atoms with Gasteiger partial charge in [-0.05, 0) is 19.1 Å². The normalized spacial score (nSPS) is 13.9. The minimum Gasteiger partial charge on any atom is -0.260 e. The van der Waals surface area contributed by atoms with Crippen molar-refractivity contribution in [2.75, 3.05) is 6.54 Å². The van der Waals surface area contributed by atoms with E-state index in [1.807, 2.05) is 0 Å². The molecule has 1 atom stereocenters. The monoisotopic (exact) mass is 214 g/mol. The van der Waals surface area contributed by atoms with Crippen LogP contribution < -0.4 is 4.72 Å². The fourth-order valence-corrected chi connectivity index (χ4v) is 2.21. The number of pyridine rings is 1. The van der Waals surface area contributed by atoms with Gasteiger partial charge in [0.15, 0.2) is 0 Å². The Bertz CT molecular complexity index is 375. The molecule has 4 nitrogen and oxygen atoms in total. The first-order chi connectivity index (χ1) is 6.58. The summed E-state index contributed by atoms with van der Waals surface area (Å²) < 4.78 is 25.6. The molecule has 0 aliphatic carbocycles. The van der Waals surface area contributed by atoms with Crippen LogP contribution in [0.5, 0.6) is 0 Å². The lowest BCUT2D eigenvalue weighted by molar-refractivity contribution is 0.572. The Morgan fingerprint density at radius 3 is 2.71 bits per heavy atom. The van der Waals surface area contributed by atoms with Crippen LogP contribution in [0.15, 0.2) is 24.4 Å². The highest BCUT2D eigenvalue weighted by atomic mass is 32.2. The van der Waals surface area contributed by atoms with E-state index in [4.69, 9.17) is 0 Å². The number of hydrogen-bond donors (Lipinski definition) is 1. The molecule has 5 heteroatoms. The predicted octanol–water partition coefficient (Wildman–Crippen LogP) is 1.08. The maximum atomic E-state index is 11.6. The third-order valence-corrected chi connectivity index (χ3v) is 3.78. The van der Waals surface area contributed by atoms with E-state index in [2.05, 4.69) is 9.71 Å². The van der Waals surface area contributed by atoms with Gasteiger partial charge < -0.3 is 0 Å². The van der Waals surface area contributed by atoms with E-state index >= 15 is 0 Å². The van der Waals surface area contributed by atoms with Crippen LogP contribution in [-0.4, -0.2) is 19.9 Å². The van der Waals surface area contributed by atoms with Gasteiger partial charge in [-0.25, -0.2) is 13.1 Å². The minimum atomic E-state index is -3.28. The Labute approximate surface area is 84.4 Å². The number of sulfonamides is 1. The van der Waals surface area contributed by atoms with Crippen molar-refractivity contribution < 1.29 is 8.42 Å². The van der Waals surface area contributed by atoms with Gasteiger partial charge in [-0.15, -0.1) is 0 Å². The molecule has 0 saturated heterocycles. The Balaban J connectivity index is 2.91. The summed E-state index contributed by atoms with van der Waals surface area (Å²) >= 11 is 0. The summed E-state index contributed by atoms with van der Waals surface area (Å²) in [5.41, 5.74) is 0.563. The second kappa shape index (κ2) is 4.52. The van der Waals surface area contributed by atoms with Crippen molar-refractivity contribution in [3.05, 3.63) is 30.1 Å². The molecule has 1 aromatic heterocycles. The van der Waals surface area contributed by atoms with Crippen LogP contribution in [0.1, 0.15) is 24.8 Å². The summed E-state index contributed by atoms with van der Waals surface area (Å²) in [4.78, 5) is 4.01. The van der Waals surface area contributed by atoms with E-state index in [-0.39, 0.29) is 0 Å². The molecule has 1 rings (SSSR count). The molecule has 78 valence electrons. The maximum absolute atomic E-state index is 11.6. The van der Waals surface area contributed by atoms with Gasteiger partial charge in [-0.2, -0.15) is 0 Å². The lowest BCUT2D eigenvalue weighted by Crippen LogP contribution is -2.27. The van der Waals surface area contributed by atoms with Crippen LogP contribution in [0.4, 0.5) is 0 Å². The highest BCUT2D eigenvalue weighted by Gasteiger charge is 2.21. The fourth-order valence-electron chi connectivity index (χ4n) is 1.10. The third kappa shape index (κ3) is 2.52. The Morgan fingerprint density at radius 1 is 1.50 bits per heavy atom. The van der Waals surface area contributed by atoms with Crippen LogP contribution in [0.2, 0.25) is 0 Å². The second-order valence-corrected chi connectivity index (χ2v) is 5.03. The van der Waals surface area contributed by atoms with Crippen molar-refractivity contribution >= 4 is 10.0 Å². The van der Waals surface area contributed by atoms with Crippen molar-refractivity contribution in [2.45, 2.75) is 19.1 Å². The van der Waals surface area contributed by atoms with Crippen molar-refractivity contribution in [2.24, 2.45) is 0 Å². The van der Waals surface area contributed by atoms with Crippen molar-refractivity contribution in [3.63, 3.8) is 0 Å². The quantitative estimate of drug-likeness (QED) is 0.816. The van der Waals surface area contributed by atoms with Crippen LogP contribution >= 0.6 is 0 Å². The molecule has 1 heterocycles. The summed E-state index contributed by atoms with van der Waals surface area (Å²) in [6.45, 7) is 3.78. The Morgan fingerprint density at radius 2 is 2.21 bits per heavy atom. The van der Waals surface area contributed by atoms with Gasteiger partial charge in [0.2, 0.25) is 10.0 Å². The van der Waals surface area contributed by atoms with Crippen molar-refractivity contribution in [1.82, 2.24) is 9.71 Å². The first kappa shape index (κ1) is 11.1. The summed E-state index contributed by atoms with van der Waals surface area (Å²) in [7, 11) is -3.28. The van der Waals surface area contributed by atoms with Crippen LogP contribution in [0.3, 0.4) is 0 Å². The van der Waals surface area contributed by atoms with E-state index < -0.39 is 15.3 Å². The molecule has 1 aromatic rings. The number of nitrogens with zero attached hydrogens (tertiary/aromatic N) is 1. The van der Waals surface area contributed by atoms with E-state index in [1.54, 1.807) is 38.2 Å². The molecule has 0 aliphatic heterocycles. The summed E-state index contributed by atoms with van der Waals surface area (Å²) in [5.74, 6) is 0. The van der Waals surface area contributed by atoms with Crippen LogP contribution in [0, 0.1) is 0 Å². The molecular formula is C9H14N2O2S. The predicted molar refractivity (Wildman–Crippen MR) is 55.2 cm³/mol. The molecule has 0 amide bonds. The standard InChI is InChI=1S/C9H14N2O2S/c1-3-11-14(12,13)8(2)9-6-4-5-7-10-9/h4-8,11H,3H2,1-2H3/t8-/m1/s1. The number of rotatable bonds is 4. The molecule has 0 aliphatic rings. The minimum absolute atomic E-state index is 0.402. The first-order valence-electron chi connectivity index (χ1n) is 4.47. The van der Waals surface area contributed by atoms with Crippen molar-refractivity contribution in [3.8, 4) is 0 Å². The van der Waals surface area contributed by atoms with Crippen molar-refractivity contribution in [1.29, 1.82) is 0 Å². The Kier molecular flexibility index (Phi) is 3.60. The lowest BCUT2D eigenvalue weighted by Gasteiger charge is -2.11. The zero-order valence-corrected chi connectivity index (χ0v) is 9.08. The number of hydrogen-bond acceptors (Lipinski definition) is 3. The topological polar surface area (TPSA) is 59.1 Å². The van der Waals surface area contributed by atoms with Gasteiger partial charge >= 0.3 is 0 Å². The SMILES string of the molecule is CCNS(=O)(=O)[C@H](C)c1ccccn1. The second-order valence-electron chi connectivity index (χ2n) is 2.94. The lowest BCUT2D eigenvalue weighted by atomic mass is 10.3. The summed E-state index contributed by atoms with van der Waals surface area (Å²) in [5, 5.41) is -0.608. The number of aromatic nitrogens is 1. The highest BCUT2D eigenvalue weighted by molar-refractivity contribution is 7.89. The summed E-state index contributed by atoms with van der Waals surface area (Å²) in [6, 6.07) is 5.25. The fraction of sp³-hybridized carbons (Fsp3) is 0.444. The maximum Gasteiger partial charge on any atom is 0.219 e. The highest BCUT2D eigenvalue weighted by Crippen LogP contribution is 2.17. The van der Waals surface area contributed by atoms with Gasteiger partial charge in [0.05, 0.1) is 5.69 Å². The molecule has 14 heavy (non-hydrogen) atoms. The van der Waals surface area contributed by atoms with Gasteiger partial charge in [-0.1, -0.05) is 13.0 Å². The van der Waals surface area contributed by atoms with Crippen LogP contribution in [0.25, 0.3) is 0 Å². The molecule has 0 spiro atoms. The molecule has 0 aromatic carbocycles. The number of nitrogens with one attached hydrogen (secondary N) is 1. The molecule has 0 saturated carbocycles. The molecule has 0 bridgehead atoms. The molecule has 0 radical (unpaired) electrons. The first-order valence-corrected chi connectivity index (χ1v) is 6.02. The molecular weight excluding hydrogens is 200 g/mol. The zero-order valence-electron chi connectivity index (χ0n) is 8.27. The third-order valence-electron chi connectivity index (χ3n) is 1.92. The van der Waals surface area contributed by atoms with E-state index in [1.165, 1.54) is 0 Å². The van der Waals surface area contributed by atoms with Gasteiger partial charge in [0.1, 0.15) is 5.25 Å². The van der Waals surface area contributed by atoms with E-state index in [9.17, 15) is 8.42 Å². The van der Waals surface area contributed by atoms with Gasteiger partial charge in [0, 0.05) is 12.7 Å². The van der Waals surface area contributed by atoms with Gasteiger partial charge in [0.25, 0.3) is 0 Å². The van der Waals surface area contributed by atoms with E-state index in [0.29, 0.717) is 12.2 Å². The molecule has 1 N–H and O–H groups in total. The van der Waals surface area contributed by atoms with E-state index in [0.717, 1.165) is 0 Å². The van der Waals surface area contributed by atoms with Gasteiger partial charge in [-0.3, -0.25) is 4.98 Å².